The van der Waals surface area contributed by atoms with E-state index in [2.05, 4.69) is 5.32 Å². The van der Waals surface area contributed by atoms with Crippen LogP contribution in [0.2, 0.25) is 0 Å². The highest BCUT2D eigenvalue weighted by atomic mass is 19.4. The summed E-state index contributed by atoms with van der Waals surface area (Å²) in [7, 11) is 1.04. The molecule has 1 aromatic carbocycles. The number of carbonyl (C=O) groups is 2. The molecule has 0 spiro atoms. The van der Waals surface area contributed by atoms with Crippen molar-refractivity contribution in [1.29, 1.82) is 0 Å². The molecule has 0 bridgehead atoms. The summed E-state index contributed by atoms with van der Waals surface area (Å²) in [5.41, 5.74) is -2.64. The molecule has 2 aliphatic rings. The van der Waals surface area contributed by atoms with Gasteiger partial charge in [0.05, 0.1) is 19.2 Å². The van der Waals surface area contributed by atoms with Crippen LogP contribution in [-0.2, 0) is 6.54 Å². The van der Waals surface area contributed by atoms with Gasteiger partial charge >= 0.3 is 6.18 Å². The smallest absolute Gasteiger partial charge is 0.406 e. The lowest BCUT2D eigenvalue weighted by molar-refractivity contribution is -0.148. The highest BCUT2D eigenvalue weighted by Gasteiger charge is 2.47. The zero-order chi connectivity index (χ0) is 26.4. The number of nitrogens with zero attached hydrogens (tertiary/aromatic N) is 2. The van der Waals surface area contributed by atoms with E-state index in [0.717, 1.165) is 13.3 Å². The first-order valence-electron chi connectivity index (χ1n) is 11.1. The van der Waals surface area contributed by atoms with Gasteiger partial charge in [-0.3, -0.25) is 14.4 Å². The van der Waals surface area contributed by atoms with Gasteiger partial charge in [-0.15, -0.1) is 0 Å². The first-order chi connectivity index (χ1) is 16.9. The molecule has 1 N–H and O–H groups in total. The third-order valence-corrected chi connectivity index (χ3v) is 6.44. The molecule has 194 valence electrons. The van der Waals surface area contributed by atoms with Crippen molar-refractivity contribution >= 4 is 11.8 Å². The molecule has 13 heteroatoms. The number of hydrogen-bond acceptors (Lipinski definition) is 4. The van der Waals surface area contributed by atoms with Gasteiger partial charge in [-0.05, 0) is 12.8 Å². The highest BCUT2D eigenvalue weighted by Crippen LogP contribution is 2.40. The van der Waals surface area contributed by atoms with Gasteiger partial charge in [-0.1, -0.05) is 12.8 Å². The molecule has 1 saturated carbocycles. The van der Waals surface area contributed by atoms with Gasteiger partial charge in [-0.2, -0.15) is 13.2 Å². The van der Waals surface area contributed by atoms with E-state index in [1.807, 2.05) is 0 Å². The van der Waals surface area contributed by atoms with Crippen LogP contribution in [0.3, 0.4) is 0 Å². The van der Waals surface area contributed by atoms with E-state index in [-0.39, 0.29) is 0 Å². The summed E-state index contributed by atoms with van der Waals surface area (Å²) >= 11 is 0. The number of benzene rings is 1. The number of pyridine rings is 1. The van der Waals surface area contributed by atoms with Gasteiger partial charge in [0, 0.05) is 30.4 Å². The van der Waals surface area contributed by atoms with Crippen molar-refractivity contribution in [2.75, 3.05) is 13.7 Å². The van der Waals surface area contributed by atoms with E-state index < -0.39 is 88.6 Å². The van der Waals surface area contributed by atoms with E-state index in [9.17, 15) is 40.7 Å². The van der Waals surface area contributed by atoms with Crippen LogP contribution in [0.1, 0.15) is 58.1 Å². The SMILES string of the molecule is COc1c2n(cc(C(=O)NCc3c(F)cc(F)cc3F)c1=O)[C@@H]1CCCC[C@H]1N(CC(F)(F)F)C2=O. The van der Waals surface area contributed by atoms with E-state index in [1.54, 1.807) is 0 Å². The Morgan fingerprint density at radius 2 is 1.69 bits per heavy atom. The minimum Gasteiger partial charge on any atom is -0.491 e. The number of amides is 2. The number of hydrogen-bond donors (Lipinski definition) is 1. The number of methoxy groups -OCH3 is 1. The Bertz CT molecular complexity index is 1250. The molecular weight excluding hydrogens is 496 g/mol. The number of rotatable bonds is 5. The molecule has 0 saturated heterocycles. The molecule has 1 fully saturated rings. The molecule has 7 nitrogen and oxygen atoms in total. The summed E-state index contributed by atoms with van der Waals surface area (Å²) < 4.78 is 87.2. The lowest BCUT2D eigenvalue weighted by Crippen LogP contribution is -2.55. The van der Waals surface area contributed by atoms with Gasteiger partial charge < -0.3 is 19.5 Å². The Morgan fingerprint density at radius 3 is 2.28 bits per heavy atom. The summed E-state index contributed by atoms with van der Waals surface area (Å²) in [6.45, 7) is -2.22. The highest BCUT2D eigenvalue weighted by molar-refractivity contribution is 5.99. The third kappa shape index (κ3) is 4.65. The molecule has 36 heavy (non-hydrogen) atoms. The quantitative estimate of drug-likeness (QED) is 0.614. The van der Waals surface area contributed by atoms with Crippen LogP contribution < -0.4 is 15.5 Å². The number of alkyl halides is 3. The van der Waals surface area contributed by atoms with Crippen LogP contribution in [0.15, 0.2) is 23.1 Å². The third-order valence-electron chi connectivity index (χ3n) is 6.44. The summed E-state index contributed by atoms with van der Waals surface area (Å²) in [5.74, 6) is -6.35. The van der Waals surface area contributed by atoms with E-state index in [0.29, 0.717) is 42.7 Å². The maximum atomic E-state index is 13.9. The zero-order valence-corrected chi connectivity index (χ0v) is 18.9. The molecule has 1 aliphatic carbocycles. The summed E-state index contributed by atoms with van der Waals surface area (Å²) in [5, 5.41) is 2.18. The van der Waals surface area contributed by atoms with E-state index in [1.165, 1.54) is 4.57 Å². The molecule has 1 aliphatic heterocycles. The molecule has 2 aromatic rings. The van der Waals surface area contributed by atoms with Gasteiger partial charge in [0.25, 0.3) is 11.8 Å². The predicted octanol–water partition coefficient (Wildman–Crippen LogP) is 3.71. The molecule has 0 radical (unpaired) electrons. The molecule has 4 rings (SSSR count). The summed E-state index contributed by atoms with van der Waals surface area (Å²) in [4.78, 5) is 39.7. The molecule has 1 aromatic heterocycles. The molecule has 2 heterocycles. The number of ether oxygens (including phenoxy) is 1. The molecule has 2 atom stereocenters. The number of fused-ring (bicyclic) bond motifs is 3. The van der Waals surface area contributed by atoms with Crippen molar-refractivity contribution in [2.24, 2.45) is 0 Å². The maximum absolute atomic E-state index is 13.9. The number of aromatic nitrogens is 1. The molecule has 0 unspecified atom stereocenters. The van der Waals surface area contributed by atoms with Crippen molar-refractivity contribution in [3.63, 3.8) is 0 Å². The minimum absolute atomic E-state index is 0.297. The van der Waals surface area contributed by atoms with Crippen molar-refractivity contribution in [1.82, 2.24) is 14.8 Å². The molecular formula is C23H21F6N3O4. The van der Waals surface area contributed by atoms with Crippen LogP contribution in [0.4, 0.5) is 26.3 Å². The first-order valence-corrected chi connectivity index (χ1v) is 11.1. The average Bonchev–Trinajstić information content (AvgIpc) is 2.79. The predicted molar refractivity (Wildman–Crippen MR) is 113 cm³/mol. The number of carbonyl (C=O) groups excluding carboxylic acids is 2. The van der Waals surface area contributed by atoms with Gasteiger partial charge in [0.1, 0.15) is 29.6 Å². The molecule has 2 amide bonds. The average molecular weight is 517 g/mol. The Labute approximate surface area is 200 Å². The lowest BCUT2D eigenvalue weighted by Gasteiger charge is -2.46. The van der Waals surface area contributed by atoms with Crippen molar-refractivity contribution < 1.29 is 40.7 Å². The fraction of sp³-hybridized carbons (Fsp3) is 0.435. The summed E-state index contributed by atoms with van der Waals surface area (Å²) in [6, 6.07) is -0.598. The van der Waals surface area contributed by atoms with Crippen molar-refractivity contribution in [3.05, 3.63) is 62.8 Å². The second-order valence-corrected chi connectivity index (χ2v) is 8.66. The summed E-state index contributed by atoms with van der Waals surface area (Å²) in [6.07, 6.45) is -1.68. The second kappa shape index (κ2) is 9.51. The van der Waals surface area contributed by atoms with Crippen LogP contribution in [0.25, 0.3) is 0 Å². The van der Waals surface area contributed by atoms with Crippen LogP contribution in [0.5, 0.6) is 5.75 Å². The minimum atomic E-state index is -4.67. The Balaban J connectivity index is 1.74. The number of halogens is 6. The monoisotopic (exact) mass is 517 g/mol. The second-order valence-electron chi connectivity index (χ2n) is 8.66. The topological polar surface area (TPSA) is 80.6 Å². The van der Waals surface area contributed by atoms with Gasteiger partial charge in [0.2, 0.25) is 5.43 Å². The standard InChI is InChI=1S/C23H21F6N3O4/c1-36-20-18-22(35)32(10-23(27,28)29)17-5-3-2-4-16(17)31(18)9-13(19(20)33)21(34)30-8-12-14(25)6-11(24)7-15(12)26/h6-7,9,16-17H,2-5,8,10H2,1H3,(H,30,34)/t16-,17-/m1/s1. The van der Waals surface area contributed by atoms with Crippen molar-refractivity contribution in [2.45, 2.75) is 50.5 Å². The Hall–Kier alpha value is -3.51. The van der Waals surface area contributed by atoms with Crippen molar-refractivity contribution in [3.8, 4) is 5.75 Å². The van der Waals surface area contributed by atoms with Crippen LogP contribution >= 0.6 is 0 Å². The van der Waals surface area contributed by atoms with Crippen LogP contribution in [0, 0.1) is 17.5 Å². The van der Waals surface area contributed by atoms with Gasteiger partial charge in [-0.25, -0.2) is 13.2 Å². The Kier molecular flexibility index (Phi) is 6.76. The number of nitrogens with one attached hydrogen (secondary N) is 1. The van der Waals surface area contributed by atoms with E-state index in [4.69, 9.17) is 4.74 Å². The Morgan fingerprint density at radius 1 is 1.08 bits per heavy atom. The fourth-order valence-corrected chi connectivity index (χ4v) is 4.88. The lowest BCUT2D eigenvalue weighted by atomic mass is 9.86. The largest absolute Gasteiger partial charge is 0.491 e. The first kappa shape index (κ1) is 25.6. The fourth-order valence-electron chi connectivity index (χ4n) is 4.88. The zero-order valence-electron chi connectivity index (χ0n) is 18.9. The normalized spacial score (nSPS) is 19.5. The maximum Gasteiger partial charge on any atom is 0.406 e. The van der Waals surface area contributed by atoms with Crippen LogP contribution in [-0.4, -0.2) is 47.2 Å². The van der Waals surface area contributed by atoms with E-state index >= 15 is 0 Å². The van der Waals surface area contributed by atoms with Gasteiger partial charge in [0.15, 0.2) is 11.4 Å².